The Morgan fingerprint density at radius 3 is 2.35 bits per heavy atom. The highest BCUT2D eigenvalue weighted by molar-refractivity contribution is 5.95. The van der Waals surface area contributed by atoms with Crippen LogP contribution < -0.4 is 5.32 Å². The molecule has 2 rings (SSSR count). The molecule has 0 radical (unpaired) electrons. The summed E-state index contributed by atoms with van der Waals surface area (Å²) in [7, 11) is 3.13. The predicted octanol–water partition coefficient (Wildman–Crippen LogP) is 3.07. The zero-order valence-corrected chi connectivity index (χ0v) is 13.3. The number of para-hydroxylation sites is 1. The van der Waals surface area contributed by atoms with Crippen LogP contribution in [0.4, 0.5) is 5.69 Å². The van der Waals surface area contributed by atoms with Crippen molar-refractivity contribution in [3.05, 3.63) is 65.7 Å². The second-order valence-corrected chi connectivity index (χ2v) is 4.89. The van der Waals surface area contributed by atoms with Crippen molar-refractivity contribution in [3.63, 3.8) is 0 Å². The highest BCUT2D eigenvalue weighted by atomic mass is 16.7. The van der Waals surface area contributed by atoms with E-state index < -0.39 is 0 Å². The average Bonchev–Trinajstić information content (AvgIpc) is 2.62. The number of methoxy groups -OCH3 is 2. The van der Waals surface area contributed by atoms with Gasteiger partial charge in [0.15, 0.2) is 6.29 Å². The Labute approximate surface area is 136 Å². The lowest BCUT2D eigenvalue weighted by atomic mass is 10.1. The molecule has 0 aliphatic heterocycles. The summed E-state index contributed by atoms with van der Waals surface area (Å²) in [6, 6.07) is 16.8. The van der Waals surface area contributed by atoms with Crippen molar-refractivity contribution >= 4 is 11.7 Å². The molecule has 0 saturated heterocycles. The van der Waals surface area contributed by atoms with Crippen LogP contribution in [0.2, 0.25) is 0 Å². The molecule has 0 atom stereocenters. The van der Waals surface area contributed by atoms with E-state index in [0.717, 1.165) is 5.56 Å². The molecule has 0 aliphatic rings. The number of carbonyl (C=O) groups excluding carboxylic acids is 1. The molecule has 0 fully saturated rings. The predicted molar refractivity (Wildman–Crippen MR) is 88.3 cm³/mol. The van der Waals surface area contributed by atoms with E-state index in [1.54, 1.807) is 26.4 Å². The second-order valence-electron chi connectivity index (χ2n) is 4.89. The molecule has 1 N–H and O–H groups in total. The van der Waals surface area contributed by atoms with Crippen LogP contribution in [0, 0.1) is 0 Å². The van der Waals surface area contributed by atoms with Gasteiger partial charge in [-0.2, -0.15) is 0 Å². The summed E-state index contributed by atoms with van der Waals surface area (Å²) < 4.78 is 15.6. The summed E-state index contributed by atoms with van der Waals surface area (Å²) in [5, 5.41) is 3.14. The maximum Gasteiger partial charge on any atom is 0.340 e. The quantitative estimate of drug-likeness (QED) is 0.599. The van der Waals surface area contributed by atoms with Crippen LogP contribution in [-0.4, -0.2) is 33.0 Å². The molecule has 5 heteroatoms. The Morgan fingerprint density at radius 2 is 1.65 bits per heavy atom. The normalized spacial score (nSPS) is 10.6. The summed E-state index contributed by atoms with van der Waals surface area (Å²) in [4.78, 5) is 12.3. The molecule has 0 saturated carbocycles. The van der Waals surface area contributed by atoms with Gasteiger partial charge in [0.1, 0.15) is 6.61 Å². The van der Waals surface area contributed by atoms with Gasteiger partial charge in [0.25, 0.3) is 0 Å². The molecule has 23 heavy (non-hydrogen) atoms. The van der Waals surface area contributed by atoms with Gasteiger partial charge in [0.05, 0.1) is 12.1 Å². The molecule has 0 unspecified atom stereocenters. The van der Waals surface area contributed by atoms with Crippen molar-refractivity contribution in [2.75, 3.05) is 26.1 Å². The number of hydrogen-bond donors (Lipinski definition) is 1. The average molecular weight is 315 g/mol. The van der Waals surface area contributed by atoms with Crippen molar-refractivity contribution in [2.45, 2.75) is 12.9 Å². The Morgan fingerprint density at radius 1 is 1.00 bits per heavy atom. The Balaban J connectivity index is 1.99. The van der Waals surface area contributed by atoms with Crippen molar-refractivity contribution in [1.29, 1.82) is 0 Å². The lowest BCUT2D eigenvalue weighted by Gasteiger charge is -2.16. The molecule has 122 valence electrons. The van der Waals surface area contributed by atoms with Crippen molar-refractivity contribution in [1.82, 2.24) is 0 Å². The maximum atomic E-state index is 12.3. The van der Waals surface area contributed by atoms with E-state index in [1.807, 2.05) is 42.5 Å². The third kappa shape index (κ3) is 5.09. The number of esters is 1. The number of rotatable bonds is 8. The lowest BCUT2D eigenvalue weighted by Crippen LogP contribution is -2.24. The molecular formula is C18H21NO4. The molecule has 5 nitrogen and oxygen atoms in total. The topological polar surface area (TPSA) is 56.8 Å². The van der Waals surface area contributed by atoms with E-state index in [1.165, 1.54) is 0 Å². The minimum Gasteiger partial charge on any atom is -0.457 e. The van der Waals surface area contributed by atoms with Crippen LogP contribution >= 0.6 is 0 Å². The zero-order valence-electron chi connectivity index (χ0n) is 13.3. The minimum absolute atomic E-state index is 0.243. The number of ether oxygens (including phenoxy) is 3. The SMILES string of the molecule is COC(CNc1ccccc1C(=O)OCc1ccccc1)OC. The van der Waals surface area contributed by atoms with Crippen LogP contribution in [0.1, 0.15) is 15.9 Å². The van der Waals surface area contributed by atoms with Gasteiger partial charge in [-0.3, -0.25) is 0 Å². The van der Waals surface area contributed by atoms with Crippen LogP contribution in [0.5, 0.6) is 0 Å². The summed E-state index contributed by atoms with van der Waals surface area (Å²) in [6.07, 6.45) is -0.386. The highest BCUT2D eigenvalue weighted by Gasteiger charge is 2.14. The molecule has 0 bridgehead atoms. The van der Waals surface area contributed by atoms with E-state index in [4.69, 9.17) is 14.2 Å². The molecule has 0 heterocycles. The van der Waals surface area contributed by atoms with Gasteiger partial charge in [0, 0.05) is 19.9 Å². The Bertz CT molecular complexity index is 611. The van der Waals surface area contributed by atoms with Crippen LogP contribution in [0.3, 0.4) is 0 Å². The monoisotopic (exact) mass is 315 g/mol. The Kier molecular flexibility index (Phi) is 6.59. The fraction of sp³-hybridized carbons (Fsp3) is 0.278. The molecule has 2 aromatic rings. The summed E-state index contributed by atoms with van der Waals surface area (Å²) in [6.45, 7) is 0.669. The van der Waals surface area contributed by atoms with E-state index in [-0.39, 0.29) is 18.9 Å². The second kappa shape index (κ2) is 8.92. The number of carbonyl (C=O) groups is 1. The number of hydrogen-bond acceptors (Lipinski definition) is 5. The van der Waals surface area contributed by atoms with Gasteiger partial charge >= 0.3 is 5.97 Å². The molecule has 2 aromatic carbocycles. The first-order chi connectivity index (χ1) is 11.2. The van der Waals surface area contributed by atoms with Gasteiger partial charge < -0.3 is 19.5 Å². The van der Waals surface area contributed by atoms with Crippen LogP contribution in [-0.2, 0) is 20.8 Å². The molecule has 0 aromatic heterocycles. The third-order valence-corrected chi connectivity index (χ3v) is 3.34. The zero-order chi connectivity index (χ0) is 16.5. The van der Waals surface area contributed by atoms with E-state index >= 15 is 0 Å². The first-order valence-electron chi connectivity index (χ1n) is 7.34. The fourth-order valence-corrected chi connectivity index (χ4v) is 2.07. The lowest BCUT2D eigenvalue weighted by molar-refractivity contribution is -0.0914. The first-order valence-corrected chi connectivity index (χ1v) is 7.34. The molecule has 0 aliphatic carbocycles. The van der Waals surface area contributed by atoms with Gasteiger partial charge in [-0.05, 0) is 17.7 Å². The maximum absolute atomic E-state index is 12.3. The number of nitrogens with one attached hydrogen (secondary N) is 1. The molecular weight excluding hydrogens is 294 g/mol. The minimum atomic E-state index is -0.386. The summed E-state index contributed by atoms with van der Waals surface area (Å²) in [5.41, 5.74) is 2.11. The van der Waals surface area contributed by atoms with E-state index in [9.17, 15) is 4.79 Å². The summed E-state index contributed by atoms with van der Waals surface area (Å²) in [5.74, 6) is -0.372. The van der Waals surface area contributed by atoms with Crippen LogP contribution in [0.25, 0.3) is 0 Å². The van der Waals surface area contributed by atoms with Crippen molar-refractivity contribution in [3.8, 4) is 0 Å². The van der Waals surface area contributed by atoms with Crippen molar-refractivity contribution < 1.29 is 19.0 Å². The fourth-order valence-electron chi connectivity index (χ4n) is 2.07. The van der Waals surface area contributed by atoms with Gasteiger partial charge in [0.2, 0.25) is 0 Å². The largest absolute Gasteiger partial charge is 0.457 e. The Hall–Kier alpha value is -2.37. The molecule has 0 spiro atoms. The first kappa shape index (κ1) is 17.0. The van der Waals surface area contributed by atoms with E-state index in [2.05, 4.69) is 5.32 Å². The highest BCUT2D eigenvalue weighted by Crippen LogP contribution is 2.17. The van der Waals surface area contributed by atoms with Gasteiger partial charge in [-0.25, -0.2) is 4.79 Å². The van der Waals surface area contributed by atoms with Gasteiger partial charge in [-0.15, -0.1) is 0 Å². The smallest absolute Gasteiger partial charge is 0.340 e. The third-order valence-electron chi connectivity index (χ3n) is 3.34. The van der Waals surface area contributed by atoms with Crippen molar-refractivity contribution in [2.24, 2.45) is 0 Å². The van der Waals surface area contributed by atoms with Gasteiger partial charge in [-0.1, -0.05) is 42.5 Å². The number of anilines is 1. The summed E-state index contributed by atoms with van der Waals surface area (Å²) >= 11 is 0. The number of benzene rings is 2. The van der Waals surface area contributed by atoms with E-state index in [0.29, 0.717) is 17.8 Å². The van der Waals surface area contributed by atoms with Crippen LogP contribution in [0.15, 0.2) is 54.6 Å². The molecule has 0 amide bonds. The standard InChI is InChI=1S/C18H21NO4/c1-21-17(22-2)12-19-16-11-7-6-10-15(16)18(20)23-13-14-8-4-3-5-9-14/h3-11,17,19H,12-13H2,1-2H3.